The van der Waals surface area contributed by atoms with Crippen molar-refractivity contribution in [1.82, 2.24) is 19.3 Å². The molecule has 1 atom stereocenters. The fourth-order valence-electron chi connectivity index (χ4n) is 4.26. The third-order valence-electron chi connectivity index (χ3n) is 6.28. The summed E-state index contributed by atoms with van der Waals surface area (Å²) in [6, 6.07) is 16.8. The summed E-state index contributed by atoms with van der Waals surface area (Å²) in [5.74, 6) is 1.62. The van der Waals surface area contributed by atoms with Crippen LogP contribution in [-0.2, 0) is 22.6 Å². The minimum absolute atomic E-state index is 0.189. The molecule has 0 aliphatic rings. The highest BCUT2D eigenvalue weighted by atomic mass is 35.5. The predicted octanol–water partition coefficient (Wildman–Crippen LogP) is 6.25. The highest BCUT2D eigenvalue weighted by Gasteiger charge is 2.27. The summed E-state index contributed by atoms with van der Waals surface area (Å²) in [5.41, 5.74) is 2.97. The Kier molecular flexibility index (Phi) is 8.91. The summed E-state index contributed by atoms with van der Waals surface area (Å²) >= 11 is 7.48. The Morgan fingerprint density at radius 1 is 1.05 bits per heavy atom. The Labute approximate surface area is 246 Å². The van der Waals surface area contributed by atoms with Crippen molar-refractivity contribution >= 4 is 39.2 Å². The van der Waals surface area contributed by atoms with E-state index in [1.807, 2.05) is 55.5 Å². The molecule has 41 heavy (non-hydrogen) atoms. The predicted molar refractivity (Wildman–Crippen MR) is 157 cm³/mol. The van der Waals surface area contributed by atoms with Crippen molar-refractivity contribution in [2.24, 2.45) is 0 Å². The third-order valence-corrected chi connectivity index (χ3v) is 7.43. The van der Waals surface area contributed by atoms with E-state index in [4.69, 9.17) is 30.5 Å². The number of para-hydroxylation sites is 2. The molecule has 3 aromatic heterocycles. The number of hydrogen-bond donors (Lipinski definition) is 0. The van der Waals surface area contributed by atoms with Crippen LogP contribution in [0.15, 0.2) is 67.0 Å². The number of esters is 1. The molecule has 0 N–H and O–H groups in total. The van der Waals surface area contributed by atoms with Crippen LogP contribution >= 0.6 is 23.1 Å². The third kappa shape index (κ3) is 6.39. The van der Waals surface area contributed by atoms with E-state index in [9.17, 15) is 4.79 Å². The Balaban J connectivity index is 1.37. The summed E-state index contributed by atoms with van der Waals surface area (Å²) in [6.45, 7) is 3.99. The molecule has 0 fully saturated rings. The molecule has 0 amide bonds. The lowest BCUT2D eigenvalue weighted by Gasteiger charge is -2.19. The molecule has 0 saturated carbocycles. The number of benzene rings is 2. The summed E-state index contributed by atoms with van der Waals surface area (Å²) in [4.78, 5) is 26.2. The number of aromatic nitrogens is 4. The zero-order valence-corrected chi connectivity index (χ0v) is 24.2. The lowest BCUT2D eigenvalue weighted by molar-refractivity contribution is -0.151. The minimum atomic E-state index is -0.965. The quantitative estimate of drug-likeness (QED) is 0.130. The van der Waals surface area contributed by atoms with Gasteiger partial charge in [0.15, 0.2) is 5.82 Å². The number of carbonyl (C=O) groups excluding carboxylic acids is 1. The highest BCUT2D eigenvalue weighted by molar-refractivity contribution is 7.13. The van der Waals surface area contributed by atoms with Gasteiger partial charge in [-0.05, 0) is 55.2 Å². The van der Waals surface area contributed by atoms with Gasteiger partial charge >= 0.3 is 5.97 Å². The fourth-order valence-corrected chi connectivity index (χ4v) is 5.15. The maximum absolute atomic E-state index is 13.0. The number of aryl methyl sites for hydroxylation is 1. The van der Waals surface area contributed by atoms with E-state index >= 15 is 0 Å². The van der Waals surface area contributed by atoms with Gasteiger partial charge in [-0.3, -0.25) is 0 Å². The van der Waals surface area contributed by atoms with E-state index in [2.05, 4.69) is 19.3 Å². The summed E-state index contributed by atoms with van der Waals surface area (Å²) < 4.78 is 28.4. The van der Waals surface area contributed by atoms with Crippen molar-refractivity contribution in [3.63, 3.8) is 0 Å². The molecule has 0 bridgehead atoms. The number of rotatable bonds is 11. The number of carbonyl (C=O) groups is 1. The minimum Gasteiger partial charge on any atom is -0.496 e. The monoisotopic (exact) mass is 590 g/mol. The van der Waals surface area contributed by atoms with Crippen molar-refractivity contribution in [3.8, 4) is 28.8 Å². The fraction of sp³-hybridized carbons (Fsp3) is 0.233. The van der Waals surface area contributed by atoms with Crippen LogP contribution < -0.4 is 14.2 Å². The van der Waals surface area contributed by atoms with Crippen LogP contribution in [0.5, 0.6) is 17.4 Å². The van der Waals surface area contributed by atoms with E-state index in [1.54, 1.807) is 32.5 Å². The first-order valence-electron chi connectivity index (χ1n) is 12.9. The molecule has 9 nitrogen and oxygen atoms in total. The zero-order valence-electron chi connectivity index (χ0n) is 22.7. The molecule has 2 aromatic carbocycles. The largest absolute Gasteiger partial charge is 0.496 e. The zero-order chi connectivity index (χ0) is 28.8. The normalized spacial score (nSPS) is 11.7. The first kappa shape index (κ1) is 28.3. The molecule has 3 heterocycles. The molecule has 210 valence electrons. The molecule has 0 aliphatic carbocycles. The topological polar surface area (TPSA) is 106 Å². The number of ether oxygens (including phenoxy) is 4. The van der Waals surface area contributed by atoms with Crippen molar-refractivity contribution in [2.45, 2.75) is 33.0 Å². The molecule has 0 radical (unpaired) electrons. The number of nitrogens with zero attached hydrogens (tertiary/aromatic N) is 4. The number of pyridine rings is 1. The first-order chi connectivity index (χ1) is 20.0. The van der Waals surface area contributed by atoms with Gasteiger partial charge in [-0.2, -0.15) is 4.37 Å². The second-order valence-electron chi connectivity index (χ2n) is 8.93. The smallest absolute Gasteiger partial charge is 0.347 e. The summed E-state index contributed by atoms with van der Waals surface area (Å²) in [7, 11) is 1.61. The van der Waals surface area contributed by atoms with Crippen LogP contribution in [0, 0.1) is 6.92 Å². The van der Waals surface area contributed by atoms with Crippen LogP contribution in [0.4, 0.5) is 0 Å². The average molecular weight is 591 g/mol. The van der Waals surface area contributed by atoms with Crippen molar-refractivity contribution in [3.05, 3.63) is 89.0 Å². The average Bonchev–Trinajstić information content (AvgIpc) is 3.41. The standard InChI is InChI=1S/C30H27ClN4O5S/c1-4-38-30(36)24(40-29-26-18(2)27(31)33-16-25(26)41-35-29)15-19-9-5-7-11-22(19)39-17-20-13-14-32-28(34-20)21-10-6-8-12-23(21)37-3/h5-14,16,24H,4,15,17H2,1-3H3. The molecular weight excluding hydrogens is 564 g/mol. The van der Waals surface area contributed by atoms with Gasteiger partial charge in [0.2, 0.25) is 12.0 Å². The summed E-state index contributed by atoms with van der Waals surface area (Å²) in [5, 5.41) is 1.08. The van der Waals surface area contributed by atoms with Crippen molar-refractivity contribution < 1.29 is 23.7 Å². The molecular formula is C30H27ClN4O5S. The SMILES string of the molecule is CCOC(=O)C(Cc1ccccc1OCc1ccnc(-c2ccccc2OC)n1)Oc1nsc2cnc(Cl)c(C)c12. The van der Waals surface area contributed by atoms with Gasteiger partial charge < -0.3 is 18.9 Å². The maximum Gasteiger partial charge on any atom is 0.347 e. The van der Waals surface area contributed by atoms with E-state index in [1.165, 1.54) is 11.5 Å². The van der Waals surface area contributed by atoms with Gasteiger partial charge in [0.25, 0.3) is 0 Å². The summed E-state index contributed by atoms with van der Waals surface area (Å²) in [6.07, 6.45) is 2.56. The Hall–Kier alpha value is -4.28. The molecule has 11 heteroatoms. The molecule has 0 saturated heterocycles. The van der Waals surface area contributed by atoms with Gasteiger partial charge in [0.05, 0.1) is 35.1 Å². The second-order valence-corrected chi connectivity index (χ2v) is 10.1. The Morgan fingerprint density at radius 3 is 2.63 bits per heavy atom. The van der Waals surface area contributed by atoms with E-state index < -0.39 is 12.1 Å². The van der Waals surface area contributed by atoms with Crippen LogP contribution in [0.3, 0.4) is 0 Å². The van der Waals surface area contributed by atoms with Gasteiger partial charge in [-0.15, -0.1) is 0 Å². The van der Waals surface area contributed by atoms with E-state index in [-0.39, 0.29) is 19.6 Å². The van der Waals surface area contributed by atoms with Gasteiger partial charge in [-0.25, -0.2) is 19.7 Å². The van der Waals surface area contributed by atoms with Crippen LogP contribution in [0.25, 0.3) is 21.5 Å². The van der Waals surface area contributed by atoms with Gasteiger partial charge in [0.1, 0.15) is 23.3 Å². The Bertz CT molecular complexity index is 1680. The lowest BCUT2D eigenvalue weighted by atomic mass is 10.1. The maximum atomic E-state index is 13.0. The number of hydrogen-bond acceptors (Lipinski definition) is 10. The lowest BCUT2D eigenvalue weighted by Crippen LogP contribution is -2.32. The van der Waals surface area contributed by atoms with Gasteiger partial charge in [0, 0.05) is 24.4 Å². The number of halogens is 1. The van der Waals surface area contributed by atoms with Crippen molar-refractivity contribution in [2.75, 3.05) is 13.7 Å². The second kappa shape index (κ2) is 12.9. The van der Waals surface area contributed by atoms with Crippen LogP contribution in [0.2, 0.25) is 5.15 Å². The van der Waals surface area contributed by atoms with E-state index in [0.29, 0.717) is 34.1 Å². The molecule has 0 aliphatic heterocycles. The van der Waals surface area contributed by atoms with E-state index in [0.717, 1.165) is 26.8 Å². The number of fused-ring (bicyclic) bond motifs is 1. The molecule has 5 rings (SSSR count). The van der Waals surface area contributed by atoms with Crippen molar-refractivity contribution in [1.29, 1.82) is 0 Å². The number of methoxy groups -OCH3 is 1. The Morgan fingerprint density at radius 2 is 1.83 bits per heavy atom. The van der Waals surface area contributed by atoms with Crippen LogP contribution in [-0.4, -0.2) is 45.1 Å². The first-order valence-corrected chi connectivity index (χ1v) is 14.0. The molecule has 1 unspecified atom stereocenters. The van der Waals surface area contributed by atoms with Crippen LogP contribution in [0.1, 0.15) is 23.7 Å². The molecule has 0 spiro atoms. The van der Waals surface area contributed by atoms with Gasteiger partial charge in [-0.1, -0.05) is 41.9 Å². The molecule has 5 aromatic rings. The highest BCUT2D eigenvalue weighted by Crippen LogP contribution is 2.35.